The minimum Gasteiger partial charge on any atom is -0.350 e. The van der Waals surface area contributed by atoms with Crippen molar-refractivity contribution in [3.63, 3.8) is 0 Å². The third kappa shape index (κ3) is 5.05. The number of nitrogens with zero attached hydrogens (tertiary/aromatic N) is 1. The van der Waals surface area contributed by atoms with Gasteiger partial charge in [0.15, 0.2) is 0 Å². The molecule has 0 spiro atoms. The highest BCUT2D eigenvalue weighted by molar-refractivity contribution is 5.93. The molecular formula is C31H35N. The van der Waals surface area contributed by atoms with E-state index in [0.717, 1.165) is 19.3 Å². The van der Waals surface area contributed by atoms with Gasteiger partial charge in [-0.2, -0.15) is 0 Å². The van der Waals surface area contributed by atoms with E-state index in [2.05, 4.69) is 118 Å². The van der Waals surface area contributed by atoms with E-state index in [1.807, 2.05) is 0 Å². The topological polar surface area (TPSA) is 4.93 Å². The maximum Gasteiger partial charge on any atom is 0.0484 e. The second-order valence-corrected chi connectivity index (χ2v) is 9.71. The number of hydrogen-bond donors (Lipinski definition) is 0. The summed E-state index contributed by atoms with van der Waals surface area (Å²) in [6.45, 7) is 11.3. The van der Waals surface area contributed by atoms with Crippen LogP contribution in [-0.2, 0) is 26.3 Å². The molecule has 0 N–H and O–H groups in total. The van der Waals surface area contributed by atoms with Crippen molar-refractivity contribution < 1.29 is 0 Å². The van der Waals surface area contributed by atoms with Crippen molar-refractivity contribution in [1.82, 2.24) is 4.57 Å². The molecule has 0 amide bonds. The van der Waals surface area contributed by atoms with Crippen LogP contribution < -0.4 is 0 Å². The second kappa shape index (κ2) is 9.61. The molecule has 0 bridgehead atoms. The molecule has 3 aromatic carbocycles. The van der Waals surface area contributed by atoms with Gasteiger partial charge in [0.2, 0.25) is 0 Å². The monoisotopic (exact) mass is 421 g/mol. The Kier molecular flexibility index (Phi) is 6.65. The van der Waals surface area contributed by atoms with Crippen LogP contribution in [0.2, 0.25) is 0 Å². The molecule has 0 aliphatic carbocycles. The van der Waals surface area contributed by atoms with Crippen LogP contribution in [0.25, 0.3) is 16.5 Å². The Morgan fingerprint density at radius 3 is 2.06 bits per heavy atom. The van der Waals surface area contributed by atoms with Crippen molar-refractivity contribution in [2.45, 2.75) is 46.0 Å². The van der Waals surface area contributed by atoms with Crippen LogP contribution in [-0.4, -0.2) is 4.57 Å². The third-order valence-corrected chi connectivity index (χ3v) is 6.45. The normalized spacial score (nSPS) is 12.4. The maximum absolute atomic E-state index is 4.41. The summed E-state index contributed by atoms with van der Waals surface area (Å²) in [7, 11) is 2.10. The van der Waals surface area contributed by atoms with Gasteiger partial charge in [-0.1, -0.05) is 94.1 Å². The molecule has 1 heteroatoms. The average molecular weight is 422 g/mol. The lowest BCUT2D eigenvalue weighted by Gasteiger charge is -2.14. The van der Waals surface area contributed by atoms with Gasteiger partial charge >= 0.3 is 0 Å². The number of hydrogen-bond acceptors (Lipinski definition) is 0. The number of benzene rings is 3. The van der Waals surface area contributed by atoms with Gasteiger partial charge < -0.3 is 4.57 Å². The largest absolute Gasteiger partial charge is 0.350 e. The highest BCUT2D eigenvalue weighted by atomic mass is 14.9. The van der Waals surface area contributed by atoms with Crippen LogP contribution in [0.3, 0.4) is 0 Å². The van der Waals surface area contributed by atoms with Crippen LogP contribution in [0.4, 0.5) is 0 Å². The summed E-state index contributed by atoms with van der Waals surface area (Å²) in [6.07, 6.45) is 5.30. The number of rotatable bonds is 8. The number of aryl methyl sites for hydroxylation is 1. The molecule has 1 atom stereocenters. The highest BCUT2D eigenvalue weighted by Gasteiger charge is 2.11. The van der Waals surface area contributed by atoms with E-state index in [1.54, 1.807) is 0 Å². The SMILES string of the molecule is C=C(Cc1ccc(CC(C)c2ccc(CC(C)C)cc2)cc1)c1cn(C)c2ccccc12. The summed E-state index contributed by atoms with van der Waals surface area (Å²) in [5.74, 6) is 1.22. The first-order valence-corrected chi connectivity index (χ1v) is 11.8. The molecule has 4 aromatic rings. The average Bonchev–Trinajstić information content (AvgIpc) is 3.12. The lowest BCUT2D eigenvalue weighted by molar-refractivity contribution is 0.646. The van der Waals surface area contributed by atoms with E-state index in [4.69, 9.17) is 0 Å². The predicted molar refractivity (Wildman–Crippen MR) is 139 cm³/mol. The Bertz CT molecular complexity index is 1190. The fourth-order valence-electron chi connectivity index (χ4n) is 4.68. The second-order valence-electron chi connectivity index (χ2n) is 9.71. The van der Waals surface area contributed by atoms with Crippen LogP contribution in [0.5, 0.6) is 0 Å². The maximum atomic E-state index is 4.41. The summed E-state index contributed by atoms with van der Waals surface area (Å²) in [5, 5.41) is 1.28. The van der Waals surface area contributed by atoms with Gasteiger partial charge in [0.25, 0.3) is 0 Å². The molecule has 1 heterocycles. The van der Waals surface area contributed by atoms with Crippen LogP contribution >= 0.6 is 0 Å². The van der Waals surface area contributed by atoms with E-state index in [-0.39, 0.29) is 0 Å². The molecule has 0 aliphatic rings. The number of fused-ring (bicyclic) bond motifs is 1. The third-order valence-electron chi connectivity index (χ3n) is 6.45. The van der Waals surface area contributed by atoms with E-state index in [0.29, 0.717) is 11.8 Å². The summed E-state index contributed by atoms with van der Waals surface area (Å²) in [4.78, 5) is 0. The van der Waals surface area contributed by atoms with Gasteiger partial charge in [-0.15, -0.1) is 0 Å². The van der Waals surface area contributed by atoms with Crippen molar-refractivity contribution in [1.29, 1.82) is 0 Å². The zero-order valence-electron chi connectivity index (χ0n) is 19.9. The lowest BCUT2D eigenvalue weighted by atomic mass is 9.91. The van der Waals surface area contributed by atoms with Crippen molar-refractivity contribution in [3.05, 3.63) is 113 Å². The minimum atomic E-state index is 0.514. The van der Waals surface area contributed by atoms with Gasteiger partial charge in [-0.25, -0.2) is 0 Å². The quantitative estimate of drug-likeness (QED) is 0.272. The first-order valence-electron chi connectivity index (χ1n) is 11.8. The molecule has 0 saturated carbocycles. The fourth-order valence-corrected chi connectivity index (χ4v) is 4.68. The Morgan fingerprint density at radius 1 is 0.781 bits per heavy atom. The molecule has 4 rings (SSSR count). The van der Waals surface area contributed by atoms with Gasteiger partial charge in [0, 0.05) is 29.7 Å². The standard InChI is InChI=1S/C31H35N/c1-22(2)18-25-14-16-28(17-15-25)23(3)19-26-10-12-27(13-11-26)20-24(4)30-21-32(5)31-9-7-6-8-29(30)31/h6-17,21-23H,4,18-20H2,1-3,5H3. The molecule has 1 nitrogen and oxygen atoms in total. The zero-order chi connectivity index (χ0) is 22.7. The molecular weight excluding hydrogens is 386 g/mol. The predicted octanol–water partition coefficient (Wildman–Crippen LogP) is 7.98. The van der Waals surface area contributed by atoms with Crippen molar-refractivity contribution in [2.24, 2.45) is 13.0 Å². The van der Waals surface area contributed by atoms with E-state index in [9.17, 15) is 0 Å². The molecule has 164 valence electrons. The molecule has 1 aromatic heterocycles. The fraction of sp³-hybridized carbons (Fsp3) is 0.290. The van der Waals surface area contributed by atoms with Crippen molar-refractivity contribution >= 4 is 16.5 Å². The molecule has 0 radical (unpaired) electrons. The van der Waals surface area contributed by atoms with E-state index < -0.39 is 0 Å². The van der Waals surface area contributed by atoms with Crippen LogP contribution in [0.15, 0.2) is 85.6 Å². The summed E-state index contributed by atoms with van der Waals surface area (Å²) < 4.78 is 2.19. The molecule has 0 fully saturated rings. The van der Waals surface area contributed by atoms with Crippen LogP contribution in [0, 0.1) is 5.92 Å². The molecule has 1 unspecified atom stereocenters. The first kappa shape index (κ1) is 22.1. The Morgan fingerprint density at radius 2 is 1.38 bits per heavy atom. The summed E-state index contributed by atoms with van der Waals surface area (Å²) >= 11 is 0. The number of aromatic nitrogens is 1. The Balaban J connectivity index is 1.40. The van der Waals surface area contributed by atoms with Crippen molar-refractivity contribution in [2.75, 3.05) is 0 Å². The summed E-state index contributed by atoms with van der Waals surface area (Å²) in [6, 6.07) is 26.9. The lowest BCUT2D eigenvalue weighted by Crippen LogP contribution is -2.00. The van der Waals surface area contributed by atoms with Gasteiger partial charge in [0.05, 0.1) is 0 Å². The molecule has 0 saturated heterocycles. The highest BCUT2D eigenvalue weighted by Crippen LogP contribution is 2.28. The molecule has 32 heavy (non-hydrogen) atoms. The van der Waals surface area contributed by atoms with Gasteiger partial charge in [-0.05, 0) is 65.0 Å². The van der Waals surface area contributed by atoms with Gasteiger partial charge in [0.1, 0.15) is 0 Å². The van der Waals surface area contributed by atoms with Gasteiger partial charge in [-0.3, -0.25) is 0 Å². The molecule has 0 aliphatic heterocycles. The number of para-hydroxylation sites is 1. The zero-order valence-corrected chi connectivity index (χ0v) is 19.9. The minimum absolute atomic E-state index is 0.514. The van der Waals surface area contributed by atoms with Crippen LogP contribution in [0.1, 0.15) is 54.5 Å². The first-order chi connectivity index (χ1) is 15.4. The Hall–Kier alpha value is -3.06. The van der Waals surface area contributed by atoms with E-state index in [1.165, 1.54) is 44.3 Å². The smallest absolute Gasteiger partial charge is 0.0484 e. The van der Waals surface area contributed by atoms with Crippen molar-refractivity contribution in [3.8, 4) is 0 Å². The summed E-state index contributed by atoms with van der Waals surface area (Å²) in [5.41, 5.74) is 9.25. The number of allylic oxidation sites excluding steroid dienone is 1. The van der Waals surface area contributed by atoms with E-state index >= 15 is 0 Å². The Labute approximate surface area is 193 Å².